The number of hydrogen-bond donors (Lipinski definition) is 1. The van der Waals surface area contributed by atoms with Gasteiger partial charge in [0.1, 0.15) is 0 Å². The molecule has 1 aromatic carbocycles. The third kappa shape index (κ3) is 4.35. The van der Waals surface area contributed by atoms with Crippen LogP contribution in [0, 0.1) is 11.7 Å². The van der Waals surface area contributed by atoms with E-state index in [1.54, 1.807) is 12.1 Å². The van der Waals surface area contributed by atoms with E-state index in [-0.39, 0.29) is 17.6 Å². The number of nitrogens with two attached hydrogens (primary N) is 1. The van der Waals surface area contributed by atoms with Crippen LogP contribution in [0.15, 0.2) is 18.2 Å². The van der Waals surface area contributed by atoms with Crippen LogP contribution < -0.4 is 10.5 Å². The van der Waals surface area contributed by atoms with Crippen LogP contribution in [0.3, 0.4) is 0 Å². The molecule has 0 fully saturated rings. The fraction of sp³-hybridized carbons (Fsp3) is 0.571. The molecule has 1 rings (SSSR count). The average Bonchev–Trinajstić information content (AvgIpc) is 2.29. The van der Waals surface area contributed by atoms with Gasteiger partial charge >= 0.3 is 0 Å². The highest BCUT2D eigenvalue weighted by atomic mass is 19.1. The van der Waals surface area contributed by atoms with E-state index in [0.29, 0.717) is 5.92 Å². The van der Waals surface area contributed by atoms with Crippen molar-refractivity contribution < 1.29 is 9.13 Å². The van der Waals surface area contributed by atoms with E-state index in [9.17, 15) is 4.39 Å². The number of hydrogen-bond acceptors (Lipinski definition) is 2. The summed E-state index contributed by atoms with van der Waals surface area (Å²) in [4.78, 5) is 0. The van der Waals surface area contributed by atoms with Gasteiger partial charge in [0.15, 0.2) is 11.6 Å². The molecule has 0 aliphatic heterocycles. The summed E-state index contributed by atoms with van der Waals surface area (Å²) in [6.07, 6.45) is 3.19. The minimum Gasteiger partial charge on any atom is -0.494 e. The third-order valence-electron chi connectivity index (χ3n) is 2.90. The Morgan fingerprint density at radius 3 is 2.59 bits per heavy atom. The van der Waals surface area contributed by atoms with Crippen molar-refractivity contribution in [3.8, 4) is 5.75 Å². The Morgan fingerprint density at radius 2 is 2.00 bits per heavy atom. The van der Waals surface area contributed by atoms with E-state index in [1.165, 1.54) is 19.6 Å². The summed E-state index contributed by atoms with van der Waals surface area (Å²) in [5.74, 6) is 0.623. The Morgan fingerprint density at radius 1 is 1.29 bits per heavy atom. The number of ether oxygens (including phenoxy) is 1. The molecule has 2 N–H and O–H groups in total. The van der Waals surface area contributed by atoms with E-state index >= 15 is 0 Å². The first-order valence-corrected chi connectivity index (χ1v) is 6.13. The predicted molar refractivity (Wildman–Crippen MR) is 68.6 cm³/mol. The monoisotopic (exact) mass is 239 g/mol. The number of methoxy groups -OCH3 is 1. The Kier molecular flexibility index (Phi) is 5.42. The molecule has 1 unspecified atom stereocenters. The summed E-state index contributed by atoms with van der Waals surface area (Å²) in [6.45, 7) is 4.40. The van der Waals surface area contributed by atoms with Gasteiger partial charge in [-0.3, -0.25) is 0 Å². The summed E-state index contributed by atoms with van der Waals surface area (Å²) in [5.41, 5.74) is 7.01. The van der Waals surface area contributed by atoms with Crippen LogP contribution >= 0.6 is 0 Å². The lowest BCUT2D eigenvalue weighted by molar-refractivity contribution is 0.385. The highest BCUT2D eigenvalue weighted by Crippen LogP contribution is 2.24. The first-order valence-electron chi connectivity index (χ1n) is 6.13. The number of benzene rings is 1. The molecular formula is C14H22FNO. The molecule has 3 heteroatoms. The molecule has 0 bridgehead atoms. The van der Waals surface area contributed by atoms with Crippen LogP contribution in [0.1, 0.15) is 44.7 Å². The highest BCUT2D eigenvalue weighted by Gasteiger charge is 2.10. The standard InChI is InChI=1S/C14H22FNO/c1-10(2)5-4-6-13(16)11-7-8-12(15)14(9-11)17-3/h7-10,13H,4-6,16H2,1-3H3. The summed E-state index contributed by atoms with van der Waals surface area (Å²) >= 11 is 0. The van der Waals surface area contributed by atoms with Crippen molar-refractivity contribution in [1.29, 1.82) is 0 Å². The molecule has 0 aromatic heterocycles. The second-order valence-electron chi connectivity index (χ2n) is 4.83. The topological polar surface area (TPSA) is 35.2 Å². The van der Waals surface area contributed by atoms with E-state index in [1.807, 2.05) is 0 Å². The Hall–Kier alpha value is -1.09. The van der Waals surface area contributed by atoms with E-state index in [0.717, 1.165) is 18.4 Å². The fourth-order valence-electron chi connectivity index (χ4n) is 1.82. The van der Waals surface area contributed by atoms with E-state index < -0.39 is 0 Å². The van der Waals surface area contributed by atoms with Crippen molar-refractivity contribution in [1.82, 2.24) is 0 Å². The first kappa shape index (κ1) is 14.0. The highest BCUT2D eigenvalue weighted by molar-refractivity contribution is 5.31. The molecule has 96 valence electrons. The van der Waals surface area contributed by atoms with Gasteiger partial charge < -0.3 is 10.5 Å². The summed E-state index contributed by atoms with van der Waals surface area (Å²) in [6, 6.07) is 4.80. The minimum absolute atomic E-state index is 0.0387. The van der Waals surface area contributed by atoms with Crippen molar-refractivity contribution in [2.24, 2.45) is 11.7 Å². The molecule has 1 aromatic rings. The van der Waals surface area contributed by atoms with Gasteiger partial charge in [0.2, 0.25) is 0 Å². The van der Waals surface area contributed by atoms with E-state index in [2.05, 4.69) is 13.8 Å². The molecule has 0 heterocycles. The van der Waals surface area contributed by atoms with Gasteiger partial charge in [-0.05, 0) is 30.0 Å². The Balaban J connectivity index is 2.59. The van der Waals surface area contributed by atoms with Gasteiger partial charge in [0.05, 0.1) is 7.11 Å². The SMILES string of the molecule is COc1cc(C(N)CCCC(C)C)ccc1F. The first-order chi connectivity index (χ1) is 8.04. The maximum absolute atomic E-state index is 13.2. The van der Waals surface area contributed by atoms with Crippen molar-refractivity contribution in [2.75, 3.05) is 7.11 Å². The predicted octanol–water partition coefficient (Wildman–Crippen LogP) is 3.66. The normalized spacial score (nSPS) is 12.8. The molecule has 0 saturated carbocycles. The van der Waals surface area contributed by atoms with Gasteiger partial charge in [-0.25, -0.2) is 4.39 Å². The zero-order valence-corrected chi connectivity index (χ0v) is 10.9. The average molecular weight is 239 g/mol. The van der Waals surface area contributed by atoms with Gasteiger partial charge in [-0.15, -0.1) is 0 Å². The molecule has 0 spiro atoms. The summed E-state index contributed by atoms with van der Waals surface area (Å²) in [7, 11) is 1.46. The van der Waals surface area contributed by atoms with Crippen LogP contribution in [0.25, 0.3) is 0 Å². The van der Waals surface area contributed by atoms with Gasteiger partial charge in [0.25, 0.3) is 0 Å². The number of rotatable bonds is 6. The maximum atomic E-state index is 13.2. The molecule has 0 radical (unpaired) electrons. The quantitative estimate of drug-likeness (QED) is 0.822. The molecule has 0 aliphatic carbocycles. The lowest BCUT2D eigenvalue weighted by Crippen LogP contribution is -2.11. The van der Waals surface area contributed by atoms with Crippen LogP contribution in [-0.2, 0) is 0 Å². The van der Waals surface area contributed by atoms with Crippen LogP contribution in [-0.4, -0.2) is 7.11 Å². The van der Waals surface area contributed by atoms with Crippen LogP contribution in [0.2, 0.25) is 0 Å². The molecule has 17 heavy (non-hydrogen) atoms. The van der Waals surface area contributed by atoms with Gasteiger partial charge in [-0.1, -0.05) is 32.8 Å². The van der Waals surface area contributed by atoms with Crippen LogP contribution in [0.4, 0.5) is 4.39 Å². The molecule has 0 amide bonds. The fourth-order valence-corrected chi connectivity index (χ4v) is 1.82. The smallest absolute Gasteiger partial charge is 0.165 e. The zero-order chi connectivity index (χ0) is 12.8. The summed E-state index contributed by atoms with van der Waals surface area (Å²) in [5, 5.41) is 0. The summed E-state index contributed by atoms with van der Waals surface area (Å²) < 4.78 is 18.2. The second kappa shape index (κ2) is 6.60. The molecule has 0 saturated heterocycles. The van der Waals surface area contributed by atoms with Gasteiger partial charge in [0, 0.05) is 6.04 Å². The lowest BCUT2D eigenvalue weighted by atomic mass is 9.98. The largest absolute Gasteiger partial charge is 0.494 e. The molecule has 1 atom stereocenters. The molecule has 0 aliphatic rings. The van der Waals surface area contributed by atoms with Gasteiger partial charge in [-0.2, -0.15) is 0 Å². The minimum atomic E-state index is -0.342. The van der Waals surface area contributed by atoms with Crippen molar-refractivity contribution >= 4 is 0 Å². The maximum Gasteiger partial charge on any atom is 0.165 e. The second-order valence-corrected chi connectivity index (χ2v) is 4.83. The molecule has 2 nitrogen and oxygen atoms in total. The third-order valence-corrected chi connectivity index (χ3v) is 2.90. The number of halogens is 1. The van der Waals surface area contributed by atoms with Crippen molar-refractivity contribution in [3.63, 3.8) is 0 Å². The zero-order valence-electron chi connectivity index (χ0n) is 10.9. The van der Waals surface area contributed by atoms with Crippen LogP contribution in [0.5, 0.6) is 5.75 Å². The van der Waals surface area contributed by atoms with E-state index in [4.69, 9.17) is 10.5 Å². The van der Waals surface area contributed by atoms with Crippen molar-refractivity contribution in [3.05, 3.63) is 29.6 Å². The lowest BCUT2D eigenvalue weighted by Gasteiger charge is -2.14. The Bertz CT molecular complexity index is 352. The molecular weight excluding hydrogens is 217 g/mol. The Labute approximate surface area is 103 Å². The van der Waals surface area contributed by atoms with Crippen molar-refractivity contribution in [2.45, 2.75) is 39.2 Å².